The molecule has 1 aromatic carbocycles. The van der Waals surface area contributed by atoms with E-state index in [9.17, 15) is 4.79 Å². The predicted molar refractivity (Wildman–Crippen MR) is 68.5 cm³/mol. The first kappa shape index (κ1) is 12.4. The second kappa shape index (κ2) is 4.67. The van der Waals surface area contributed by atoms with Crippen LogP contribution in [0.25, 0.3) is 0 Å². The van der Waals surface area contributed by atoms with Crippen LogP contribution >= 0.6 is 11.6 Å². The molecule has 1 aliphatic rings. The number of aliphatic hydroxyl groups is 1. The normalized spacial score (nSPS) is 20.1. The summed E-state index contributed by atoms with van der Waals surface area (Å²) < 4.78 is 0. The van der Waals surface area contributed by atoms with E-state index in [1.165, 1.54) is 0 Å². The third-order valence-electron chi connectivity index (χ3n) is 3.13. The van der Waals surface area contributed by atoms with Crippen molar-refractivity contribution >= 4 is 23.2 Å². The molecule has 1 heterocycles. The van der Waals surface area contributed by atoms with Gasteiger partial charge in [0.15, 0.2) is 0 Å². The standard InChI is InChI=1S/C13H16ClNO2/c1-8-3-9(2)13(11(14)4-8)15-6-10(7-16)5-12(15)17/h3-4,10,16H,5-7H2,1-2H3. The molecular formula is C13H16ClNO2. The maximum Gasteiger partial charge on any atom is 0.227 e. The van der Waals surface area contributed by atoms with E-state index in [0.717, 1.165) is 16.8 Å². The first-order valence-corrected chi connectivity index (χ1v) is 6.08. The highest BCUT2D eigenvalue weighted by atomic mass is 35.5. The quantitative estimate of drug-likeness (QED) is 0.879. The van der Waals surface area contributed by atoms with Crippen LogP contribution in [0, 0.1) is 19.8 Å². The minimum absolute atomic E-state index is 0.0271. The zero-order valence-electron chi connectivity index (χ0n) is 10.0. The second-order valence-electron chi connectivity index (χ2n) is 4.67. The molecule has 92 valence electrons. The lowest BCUT2D eigenvalue weighted by Gasteiger charge is -2.21. The summed E-state index contributed by atoms with van der Waals surface area (Å²) in [5.74, 6) is 0.0668. The monoisotopic (exact) mass is 253 g/mol. The SMILES string of the molecule is Cc1cc(C)c(N2CC(CO)CC2=O)c(Cl)c1. The number of rotatable bonds is 2. The van der Waals surface area contributed by atoms with Crippen LogP contribution in [-0.2, 0) is 4.79 Å². The van der Waals surface area contributed by atoms with E-state index in [1.54, 1.807) is 4.90 Å². The number of carbonyl (C=O) groups excluding carboxylic acids is 1. The minimum Gasteiger partial charge on any atom is -0.396 e. The Balaban J connectivity index is 2.38. The Labute approximate surface area is 106 Å². The van der Waals surface area contributed by atoms with Crippen LogP contribution in [0.15, 0.2) is 12.1 Å². The van der Waals surface area contributed by atoms with Crippen LogP contribution in [0.2, 0.25) is 5.02 Å². The van der Waals surface area contributed by atoms with E-state index < -0.39 is 0 Å². The summed E-state index contributed by atoms with van der Waals surface area (Å²) >= 11 is 6.21. The van der Waals surface area contributed by atoms with Gasteiger partial charge in [0.1, 0.15) is 0 Å². The van der Waals surface area contributed by atoms with Crippen LogP contribution < -0.4 is 4.90 Å². The number of amides is 1. The fourth-order valence-corrected chi connectivity index (χ4v) is 2.79. The van der Waals surface area contributed by atoms with E-state index in [1.807, 2.05) is 26.0 Å². The second-order valence-corrected chi connectivity index (χ2v) is 5.08. The summed E-state index contributed by atoms with van der Waals surface area (Å²) in [7, 11) is 0. The summed E-state index contributed by atoms with van der Waals surface area (Å²) in [5, 5.41) is 9.73. The van der Waals surface area contributed by atoms with Crippen molar-refractivity contribution in [2.75, 3.05) is 18.1 Å². The smallest absolute Gasteiger partial charge is 0.227 e. The molecule has 3 nitrogen and oxygen atoms in total. The predicted octanol–water partition coefficient (Wildman–Crippen LogP) is 2.30. The number of halogens is 1. The molecule has 1 amide bonds. The molecule has 1 aromatic rings. The van der Waals surface area contributed by atoms with Crippen LogP contribution in [0.4, 0.5) is 5.69 Å². The molecule has 0 radical (unpaired) electrons. The van der Waals surface area contributed by atoms with E-state index in [2.05, 4.69) is 0 Å². The van der Waals surface area contributed by atoms with Crippen LogP contribution in [0.5, 0.6) is 0 Å². The Kier molecular flexibility index (Phi) is 3.40. The summed E-state index contributed by atoms with van der Waals surface area (Å²) in [6, 6.07) is 3.88. The van der Waals surface area contributed by atoms with Crippen molar-refractivity contribution in [3.8, 4) is 0 Å². The molecule has 1 saturated heterocycles. The summed E-state index contributed by atoms with van der Waals surface area (Å²) in [6.07, 6.45) is 0.403. The number of aryl methyl sites for hydroxylation is 2. The lowest BCUT2D eigenvalue weighted by Crippen LogP contribution is -2.26. The Morgan fingerprint density at radius 1 is 1.47 bits per heavy atom. The fourth-order valence-electron chi connectivity index (χ4n) is 2.37. The Morgan fingerprint density at radius 3 is 2.71 bits per heavy atom. The van der Waals surface area contributed by atoms with Crippen LogP contribution in [-0.4, -0.2) is 24.2 Å². The number of hydrogen-bond acceptors (Lipinski definition) is 2. The van der Waals surface area contributed by atoms with Gasteiger partial charge in [-0.05, 0) is 31.0 Å². The number of anilines is 1. The average molecular weight is 254 g/mol. The maximum absolute atomic E-state index is 11.9. The molecule has 17 heavy (non-hydrogen) atoms. The number of benzene rings is 1. The van der Waals surface area contributed by atoms with E-state index >= 15 is 0 Å². The van der Waals surface area contributed by atoms with Gasteiger partial charge in [-0.25, -0.2) is 0 Å². The Hall–Kier alpha value is -1.06. The molecule has 0 aliphatic carbocycles. The maximum atomic E-state index is 11.9. The fraction of sp³-hybridized carbons (Fsp3) is 0.462. The summed E-state index contributed by atoms with van der Waals surface area (Å²) in [4.78, 5) is 13.6. The third-order valence-corrected chi connectivity index (χ3v) is 3.42. The lowest BCUT2D eigenvalue weighted by atomic mass is 10.1. The van der Waals surface area contributed by atoms with E-state index in [4.69, 9.17) is 16.7 Å². The molecule has 1 unspecified atom stereocenters. The first-order valence-electron chi connectivity index (χ1n) is 5.71. The van der Waals surface area contributed by atoms with Gasteiger partial charge in [-0.1, -0.05) is 17.7 Å². The highest BCUT2D eigenvalue weighted by Gasteiger charge is 2.31. The molecular weight excluding hydrogens is 238 g/mol. The van der Waals surface area contributed by atoms with Crippen molar-refractivity contribution in [3.63, 3.8) is 0 Å². The van der Waals surface area contributed by atoms with Crippen LogP contribution in [0.1, 0.15) is 17.5 Å². The largest absolute Gasteiger partial charge is 0.396 e. The Bertz CT molecular complexity index is 436. The van der Waals surface area contributed by atoms with Gasteiger partial charge in [-0.2, -0.15) is 0 Å². The Morgan fingerprint density at radius 2 is 2.18 bits per heavy atom. The van der Waals surface area contributed by atoms with E-state index in [-0.39, 0.29) is 18.4 Å². The molecule has 0 spiro atoms. The van der Waals surface area contributed by atoms with Crippen LogP contribution in [0.3, 0.4) is 0 Å². The van der Waals surface area contributed by atoms with Gasteiger partial charge in [-0.3, -0.25) is 4.79 Å². The minimum atomic E-state index is 0.0271. The zero-order valence-corrected chi connectivity index (χ0v) is 10.8. The van der Waals surface area contributed by atoms with Crippen molar-refractivity contribution in [3.05, 3.63) is 28.3 Å². The highest BCUT2D eigenvalue weighted by molar-refractivity contribution is 6.34. The van der Waals surface area contributed by atoms with Gasteiger partial charge in [0.25, 0.3) is 0 Å². The highest BCUT2D eigenvalue weighted by Crippen LogP contribution is 2.34. The number of hydrogen-bond donors (Lipinski definition) is 1. The molecule has 0 saturated carbocycles. The molecule has 4 heteroatoms. The van der Waals surface area contributed by atoms with Gasteiger partial charge >= 0.3 is 0 Å². The summed E-state index contributed by atoms with van der Waals surface area (Å²) in [6.45, 7) is 4.53. The van der Waals surface area contributed by atoms with E-state index in [0.29, 0.717) is 18.0 Å². The van der Waals surface area contributed by atoms with Gasteiger partial charge in [-0.15, -0.1) is 0 Å². The molecule has 1 fully saturated rings. The van der Waals surface area contributed by atoms with Crippen molar-refractivity contribution in [1.82, 2.24) is 0 Å². The van der Waals surface area contributed by atoms with Gasteiger partial charge < -0.3 is 10.0 Å². The van der Waals surface area contributed by atoms with Crippen molar-refractivity contribution in [2.24, 2.45) is 5.92 Å². The molecule has 1 aliphatic heterocycles. The van der Waals surface area contributed by atoms with Crippen molar-refractivity contribution < 1.29 is 9.90 Å². The van der Waals surface area contributed by atoms with Crippen molar-refractivity contribution in [2.45, 2.75) is 20.3 Å². The summed E-state index contributed by atoms with van der Waals surface area (Å²) in [5.41, 5.74) is 2.88. The molecule has 2 rings (SSSR count). The first-order chi connectivity index (χ1) is 8.02. The number of nitrogens with zero attached hydrogens (tertiary/aromatic N) is 1. The van der Waals surface area contributed by atoms with Gasteiger partial charge in [0.05, 0.1) is 10.7 Å². The topological polar surface area (TPSA) is 40.5 Å². The molecule has 1 N–H and O–H groups in total. The third kappa shape index (κ3) is 2.31. The number of carbonyl (C=O) groups is 1. The van der Waals surface area contributed by atoms with Gasteiger partial charge in [0, 0.05) is 25.5 Å². The lowest BCUT2D eigenvalue weighted by molar-refractivity contribution is -0.117. The zero-order chi connectivity index (χ0) is 12.6. The van der Waals surface area contributed by atoms with Gasteiger partial charge in [0.2, 0.25) is 5.91 Å². The molecule has 1 atom stereocenters. The number of aliphatic hydroxyl groups excluding tert-OH is 1. The van der Waals surface area contributed by atoms with Crippen molar-refractivity contribution in [1.29, 1.82) is 0 Å². The average Bonchev–Trinajstić information content (AvgIpc) is 2.59. The molecule has 0 bridgehead atoms. The molecule has 0 aromatic heterocycles.